The molecule has 9 heteroatoms. The number of ether oxygens (including phenoxy) is 2. The molecule has 8 nitrogen and oxygen atoms in total. The van der Waals surface area contributed by atoms with E-state index in [2.05, 4.69) is 19.8 Å². The van der Waals surface area contributed by atoms with Crippen molar-refractivity contribution in [1.82, 2.24) is 9.80 Å². The van der Waals surface area contributed by atoms with Crippen LogP contribution in [0, 0.1) is 0 Å². The Morgan fingerprint density at radius 3 is 1.44 bits per heavy atom. The van der Waals surface area contributed by atoms with Crippen molar-refractivity contribution in [3.05, 3.63) is 47.5 Å². The van der Waals surface area contributed by atoms with Gasteiger partial charge in [-0.2, -0.15) is 0 Å². The quantitative estimate of drug-likeness (QED) is 0.206. The molecule has 0 aromatic heterocycles. The van der Waals surface area contributed by atoms with Crippen LogP contribution in [0.15, 0.2) is 46.4 Å². The second kappa shape index (κ2) is 17.2. The van der Waals surface area contributed by atoms with Gasteiger partial charge in [0.1, 0.15) is 24.7 Å². The number of aliphatic imine (C=N–C) groups is 2. The van der Waals surface area contributed by atoms with Crippen LogP contribution in [0.25, 0.3) is 0 Å². The topological polar surface area (TPSA) is 95.8 Å². The molecular formula is C30H40N4NiO4. The van der Waals surface area contributed by atoms with Gasteiger partial charge in [-0.25, -0.2) is 0 Å². The van der Waals surface area contributed by atoms with Crippen molar-refractivity contribution in [2.24, 2.45) is 9.98 Å². The molecule has 0 amide bonds. The maximum Gasteiger partial charge on any atom is 2.00 e. The Morgan fingerprint density at radius 1 is 0.641 bits per heavy atom. The molecule has 2 aliphatic rings. The third-order valence-corrected chi connectivity index (χ3v) is 7.04. The van der Waals surface area contributed by atoms with Crippen molar-refractivity contribution >= 4 is 12.4 Å². The summed E-state index contributed by atoms with van der Waals surface area (Å²) in [4.78, 5) is 13.4. The minimum atomic E-state index is -0.109. The Balaban J connectivity index is 0.00000420. The summed E-state index contributed by atoms with van der Waals surface area (Å²) >= 11 is 0. The van der Waals surface area contributed by atoms with Crippen molar-refractivity contribution in [2.45, 2.75) is 38.5 Å². The van der Waals surface area contributed by atoms with Crippen LogP contribution < -0.4 is 19.7 Å². The van der Waals surface area contributed by atoms with Gasteiger partial charge in [0.2, 0.25) is 0 Å². The molecule has 2 fully saturated rings. The number of benzene rings is 2. The van der Waals surface area contributed by atoms with E-state index in [9.17, 15) is 10.2 Å². The molecule has 0 bridgehead atoms. The minimum Gasteiger partial charge on any atom is -0.872 e. The summed E-state index contributed by atoms with van der Waals surface area (Å²) in [6.07, 6.45) is 10.8. The molecular weight excluding hydrogens is 539 g/mol. The van der Waals surface area contributed by atoms with E-state index in [-0.39, 0.29) is 28.0 Å². The summed E-state index contributed by atoms with van der Waals surface area (Å²) in [6.45, 7) is 8.34. The Hall–Kier alpha value is -2.61. The number of hydrogen-bond acceptors (Lipinski definition) is 8. The molecule has 4 rings (SSSR count). The van der Waals surface area contributed by atoms with Crippen molar-refractivity contribution in [1.29, 1.82) is 0 Å². The molecule has 2 aliphatic heterocycles. The van der Waals surface area contributed by atoms with Crippen LogP contribution in [0.1, 0.15) is 49.7 Å². The minimum absolute atomic E-state index is 0. The van der Waals surface area contributed by atoms with Crippen molar-refractivity contribution in [3.8, 4) is 23.0 Å². The van der Waals surface area contributed by atoms with Crippen molar-refractivity contribution < 1.29 is 36.2 Å². The standard InChI is InChI=1S/C30H42N4O4.Ni/c35-29-21-27(37-19-17-33-13-3-1-4-14-33)9-7-25(29)23-31-11-12-32-24-26-8-10-28(22-30(26)36)38-20-18-34-15-5-2-6-16-34;/h7-10,21-24,35-36H,1-6,11-20H2;/q;+2/p-2. The van der Waals surface area contributed by atoms with E-state index in [1.165, 1.54) is 50.7 Å². The number of likely N-dealkylation sites (tertiary alicyclic amines) is 2. The van der Waals surface area contributed by atoms with Gasteiger partial charge in [-0.05, 0) is 87.3 Å². The summed E-state index contributed by atoms with van der Waals surface area (Å²) in [5, 5.41) is 24.7. The van der Waals surface area contributed by atoms with E-state index in [4.69, 9.17) is 9.47 Å². The monoisotopic (exact) mass is 578 g/mol. The smallest absolute Gasteiger partial charge is 0.872 e. The third kappa shape index (κ3) is 10.8. The molecule has 0 aliphatic carbocycles. The van der Waals surface area contributed by atoms with Crippen LogP contribution in [0.4, 0.5) is 0 Å². The Bertz CT molecular complexity index is 970. The molecule has 0 atom stereocenters. The average molecular weight is 579 g/mol. The molecule has 2 aromatic rings. The fourth-order valence-corrected chi connectivity index (χ4v) is 4.81. The predicted molar refractivity (Wildman–Crippen MR) is 148 cm³/mol. The summed E-state index contributed by atoms with van der Waals surface area (Å²) < 4.78 is 11.5. The van der Waals surface area contributed by atoms with Crippen LogP contribution in [0.3, 0.4) is 0 Å². The molecule has 0 spiro atoms. The van der Waals surface area contributed by atoms with Crippen LogP contribution in [0.5, 0.6) is 23.0 Å². The summed E-state index contributed by atoms with van der Waals surface area (Å²) in [7, 11) is 0. The Morgan fingerprint density at radius 2 is 1.05 bits per heavy atom. The zero-order chi connectivity index (χ0) is 26.4. The average Bonchev–Trinajstić information content (AvgIpc) is 2.94. The van der Waals surface area contributed by atoms with Gasteiger partial charge in [0.05, 0.1) is 13.1 Å². The zero-order valence-corrected chi connectivity index (χ0v) is 23.7. The van der Waals surface area contributed by atoms with Crippen molar-refractivity contribution in [3.63, 3.8) is 0 Å². The van der Waals surface area contributed by atoms with Crippen LogP contribution in [0.2, 0.25) is 0 Å². The molecule has 214 valence electrons. The number of rotatable bonds is 13. The predicted octanol–water partition coefficient (Wildman–Crippen LogP) is 3.10. The molecule has 39 heavy (non-hydrogen) atoms. The first kappa shape index (κ1) is 30.9. The van der Waals surface area contributed by atoms with Gasteiger partial charge in [-0.1, -0.05) is 36.5 Å². The molecule has 0 saturated carbocycles. The van der Waals surface area contributed by atoms with E-state index < -0.39 is 0 Å². The molecule has 0 radical (unpaired) electrons. The first-order valence-corrected chi connectivity index (χ1v) is 14.0. The van der Waals surface area contributed by atoms with Gasteiger partial charge in [-0.15, -0.1) is 0 Å². The van der Waals surface area contributed by atoms with E-state index in [1.54, 1.807) is 24.6 Å². The second-order valence-corrected chi connectivity index (χ2v) is 9.97. The molecule has 0 unspecified atom stereocenters. The SMILES string of the molecule is [Ni+2].[O-]c1cc(OCCN2CCCCC2)ccc1C=NCCN=Cc1ccc(OCCN2CCCCC2)cc1[O-]. The number of hydrogen-bond donors (Lipinski definition) is 0. The molecule has 2 heterocycles. The van der Waals surface area contributed by atoms with Gasteiger partial charge in [-0.3, -0.25) is 19.8 Å². The van der Waals surface area contributed by atoms with Crippen LogP contribution in [-0.2, 0) is 16.5 Å². The van der Waals surface area contributed by atoms with Gasteiger partial charge in [0.25, 0.3) is 0 Å². The fraction of sp³-hybridized carbons (Fsp3) is 0.533. The van der Waals surface area contributed by atoms with E-state index in [1.807, 2.05) is 12.1 Å². The Labute approximate surface area is 242 Å². The van der Waals surface area contributed by atoms with E-state index >= 15 is 0 Å². The van der Waals surface area contributed by atoms with Gasteiger partial charge >= 0.3 is 16.5 Å². The van der Waals surface area contributed by atoms with Gasteiger partial charge in [0, 0.05) is 25.5 Å². The molecule has 2 saturated heterocycles. The van der Waals surface area contributed by atoms with Crippen LogP contribution >= 0.6 is 0 Å². The largest absolute Gasteiger partial charge is 2.00 e. The first-order valence-electron chi connectivity index (χ1n) is 14.0. The number of nitrogens with zero attached hydrogens (tertiary/aromatic N) is 4. The summed E-state index contributed by atoms with van der Waals surface area (Å²) in [5.74, 6) is 0.977. The third-order valence-electron chi connectivity index (χ3n) is 7.04. The molecule has 2 aromatic carbocycles. The normalized spacial score (nSPS) is 16.9. The summed E-state index contributed by atoms with van der Waals surface area (Å²) in [5.41, 5.74) is 1.05. The van der Waals surface area contributed by atoms with Crippen LogP contribution in [-0.4, -0.2) is 87.8 Å². The van der Waals surface area contributed by atoms with Crippen molar-refractivity contribution in [2.75, 3.05) is 65.6 Å². The maximum absolute atomic E-state index is 12.4. The zero-order valence-electron chi connectivity index (χ0n) is 22.7. The van der Waals surface area contributed by atoms with E-state index in [0.29, 0.717) is 48.9 Å². The molecule has 0 N–H and O–H groups in total. The maximum atomic E-state index is 12.4. The summed E-state index contributed by atoms with van der Waals surface area (Å²) in [6, 6.07) is 10.2. The second-order valence-electron chi connectivity index (χ2n) is 9.97. The van der Waals surface area contributed by atoms with Gasteiger partial charge < -0.3 is 19.7 Å². The van der Waals surface area contributed by atoms with E-state index in [0.717, 1.165) is 39.3 Å². The Kier molecular flexibility index (Phi) is 13.6. The van der Waals surface area contributed by atoms with Gasteiger partial charge in [0.15, 0.2) is 0 Å². The first-order chi connectivity index (χ1) is 18.7. The number of piperidine rings is 2. The fourth-order valence-electron chi connectivity index (χ4n) is 4.81.